The highest BCUT2D eigenvalue weighted by Gasteiger charge is 2.32. The first-order valence-corrected chi connectivity index (χ1v) is 8.81. The molecule has 2 unspecified atom stereocenters. The van der Waals surface area contributed by atoms with Crippen LogP contribution in [0.4, 0.5) is 13.2 Å². The fourth-order valence-electron chi connectivity index (χ4n) is 3.52. The van der Waals surface area contributed by atoms with Crippen LogP contribution in [0, 0.1) is 6.92 Å². The quantitative estimate of drug-likeness (QED) is 0.849. The van der Waals surface area contributed by atoms with Crippen LogP contribution >= 0.6 is 0 Å². The van der Waals surface area contributed by atoms with Crippen LogP contribution in [0.2, 0.25) is 0 Å². The van der Waals surface area contributed by atoms with Crippen LogP contribution in [0.15, 0.2) is 24.3 Å². The van der Waals surface area contributed by atoms with E-state index in [4.69, 9.17) is 0 Å². The third-order valence-electron chi connectivity index (χ3n) is 5.08. The van der Waals surface area contributed by atoms with Gasteiger partial charge in [-0.3, -0.25) is 0 Å². The minimum atomic E-state index is -4.53. The van der Waals surface area contributed by atoms with Gasteiger partial charge in [-0.15, -0.1) is 5.10 Å². The van der Waals surface area contributed by atoms with Crippen molar-refractivity contribution in [2.75, 3.05) is 13.6 Å². The van der Waals surface area contributed by atoms with E-state index in [0.717, 1.165) is 31.9 Å². The lowest BCUT2D eigenvalue weighted by Crippen LogP contribution is -2.40. The Morgan fingerprint density at radius 2 is 1.93 bits per heavy atom. The van der Waals surface area contributed by atoms with Crippen molar-refractivity contribution in [3.63, 3.8) is 0 Å². The summed E-state index contributed by atoms with van der Waals surface area (Å²) in [5.41, 5.74) is 0.564. The molecule has 2 aromatic rings. The molecule has 1 aromatic heterocycles. The van der Waals surface area contributed by atoms with Crippen LogP contribution in [-0.2, 0) is 6.18 Å². The maximum atomic E-state index is 12.8. The van der Waals surface area contributed by atoms with E-state index in [9.17, 15) is 23.4 Å². The summed E-state index contributed by atoms with van der Waals surface area (Å²) in [6.07, 6.45) is -2.33. The molecule has 2 N–H and O–H groups in total. The Kier molecular flexibility index (Phi) is 5.39. The molecule has 1 saturated heterocycles. The van der Waals surface area contributed by atoms with E-state index in [1.165, 1.54) is 6.07 Å². The molecule has 1 aliphatic rings. The zero-order valence-electron chi connectivity index (χ0n) is 15.2. The summed E-state index contributed by atoms with van der Waals surface area (Å²) >= 11 is 0. The average Bonchev–Trinajstić information content (AvgIpc) is 2.61. The van der Waals surface area contributed by atoms with Crippen LogP contribution in [0.5, 0.6) is 5.75 Å². The predicted molar refractivity (Wildman–Crippen MR) is 94.1 cm³/mol. The van der Waals surface area contributed by atoms with Crippen LogP contribution in [0.25, 0.3) is 11.3 Å². The largest absolute Gasteiger partial charge is 0.507 e. The SMILES string of the molecule is Cc1cc(C(O)C2CCCCN2C)nnc1-c1ccc(C(F)(F)F)cc1O. The first-order chi connectivity index (χ1) is 12.7. The fraction of sp³-hybridized carbons (Fsp3) is 0.474. The molecule has 0 amide bonds. The normalized spacial score (nSPS) is 19.9. The maximum Gasteiger partial charge on any atom is 0.416 e. The smallest absolute Gasteiger partial charge is 0.416 e. The third-order valence-corrected chi connectivity index (χ3v) is 5.08. The Bertz CT molecular complexity index is 826. The number of likely N-dealkylation sites (tertiary alicyclic amines) is 1. The fourth-order valence-corrected chi connectivity index (χ4v) is 3.52. The van der Waals surface area contributed by atoms with Gasteiger partial charge in [0.1, 0.15) is 11.9 Å². The molecular weight excluding hydrogens is 359 g/mol. The number of rotatable bonds is 3. The third kappa shape index (κ3) is 4.06. The molecule has 0 aliphatic carbocycles. The van der Waals surface area contributed by atoms with E-state index in [0.29, 0.717) is 17.3 Å². The Balaban J connectivity index is 1.89. The van der Waals surface area contributed by atoms with Gasteiger partial charge in [-0.2, -0.15) is 18.3 Å². The first kappa shape index (κ1) is 19.6. The second-order valence-electron chi connectivity index (χ2n) is 7.02. The van der Waals surface area contributed by atoms with Gasteiger partial charge < -0.3 is 15.1 Å². The van der Waals surface area contributed by atoms with Gasteiger partial charge in [-0.1, -0.05) is 6.42 Å². The number of phenols is 1. The number of aliphatic hydroxyl groups is 1. The Hall–Kier alpha value is -2.19. The van der Waals surface area contributed by atoms with E-state index < -0.39 is 23.6 Å². The average molecular weight is 381 g/mol. The summed E-state index contributed by atoms with van der Waals surface area (Å²) in [6.45, 7) is 2.63. The van der Waals surface area contributed by atoms with E-state index in [2.05, 4.69) is 15.1 Å². The number of hydrogen-bond donors (Lipinski definition) is 2. The summed E-state index contributed by atoms with van der Waals surface area (Å²) in [4.78, 5) is 2.10. The molecule has 1 fully saturated rings. The molecule has 2 heterocycles. The van der Waals surface area contributed by atoms with Crippen LogP contribution in [-0.4, -0.2) is 44.9 Å². The molecule has 5 nitrogen and oxygen atoms in total. The number of halogens is 3. The van der Waals surface area contributed by atoms with E-state index in [-0.39, 0.29) is 17.3 Å². The molecular formula is C19H22F3N3O2. The van der Waals surface area contributed by atoms with Crippen molar-refractivity contribution in [3.05, 3.63) is 41.1 Å². The zero-order valence-corrected chi connectivity index (χ0v) is 15.2. The van der Waals surface area contributed by atoms with Crippen LogP contribution in [0.1, 0.15) is 42.2 Å². The maximum absolute atomic E-state index is 12.8. The highest BCUT2D eigenvalue weighted by Crippen LogP contribution is 2.37. The van der Waals surface area contributed by atoms with Crippen molar-refractivity contribution >= 4 is 0 Å². The summed E-state index contributed by atoms with van der Waals surface area (Å²) in [5, 5.41) is 28.8. The van der Waals surface area contributed by atoms with Crippen molar-refractivity contribution in [1.82, 2.24) is 15.1 Å². The van der Waals surface area contributed by atoms with Gasteiger partial charge in [0.25, 0.3) is 0 Å². The highest BCUT2D eigenvalue weighted by molar-refractivity contribution is 5.69. The number of piperidine rings is 1. The number of benzene rings is 1. The lowest BCUT2D eigenvalue weighted by molar-refractivity contribution is -0.137. The number of nitrogens with zero attached hydrogens (tertiary/aromatic N) is 3. The van der Waals surface area contributed by atoms with Gasteiger partial charge in [0.15, 0.2) is 0 Å². The van der Waals surface area contributed by atoms with Crippen LogP contribution in [0.3, 0.4) is 0 Å². The number of aliphatic hydroxyl groups excluding tert-OH is 1. The zero-order chi connectivity index (χ0) is 19.8. The molecule has 3 rings (SSSR count). The van der Waals surface area contributed by atoms with Gasteiger partial charge >= 0.3 is 6.18 Å². The highest BCUT2D eigenvalue weighted by atomic mass is 19.4. The summed E-state index contributed by atoms with van der Waals surface area (Å²) in [5.74, 6) is -0.512. The van der Waals surface area contributed by atoms with Crippen molar-refractivity contribution < 1.29 is 23.4 Å². The molecule has 146 valence electrons. The Morgan fingerprint density at radius 1 is 1.19 bits per heavy atom. The lowest BCUT2D eigenvalue weighted by atomic mass is 9.95. The molecule has 1 aliphatic heterocycles. The molecule has 0 radical (unpaired) electrons. The number of alkyl halides is 3. The Morgan fingerprint density at radius 3 is 2.52 bits per heavy atom. The molecule has 0 spiro atoms. The molecule has 1 aromatic carbocycles. The predicted octanol–water partition coefficient (Wildman–Crippen LogP) is 3.69. The summed E-state index contributed by atoms with van der Waals surface area (Å²) < 4.78 is 38.3. The van der Waals surface area contributed by atoms with Gasteiger partial charge in [0.05, 0.1) is 17.0 Å². The molecule has 8 heteroatoms. The molecule has 0 bridgehead atoms. The standard InChI is InChI=1S/C19H22F3N3O2/c1-11-9-14(18(27)15-5-3-4-8-25(15)2)23-24-17(11)13-7-6-12(10-16(13)26)19(20,21)22/h6-7,9-10,15,18,26-27H,3-5,8H2,1-2H3. The summed E-state index contributed by atoms with van der Waals surface area (Å²) in [7, 11) is 1.96. The molecule has 27 heavy (non-hydrogen) atoms. The number of aromatic nitrogens is 2. The second-order valence-corrected chi connectivity index (χ2v) is 7.02. The van der Waals surface area contributed by atoms with E-state index >= 15 is 0 Å². The minimum Gasteiger partial charge on any atom is -0.507 e. The first-order valence-electron chi connectivity index (χ1n) is 8.81. The minimum absolute atomic E-state index is 0.0437. The van der Waals surface area contributed by atoms with Crippen molar-refractivity contribution in [2.24, 2.45) is 0 Å². The monoisotopic (exact) mass is 381 g/mol. The number of aryl methyl sites for hydroxylation is 1. The van der Waals surface area contributed by atoms with E-state index in [1.807, 2.05) is 7.05 Å². The van der Waals surface area contributed by atoms with Gasteiger partial charge in [-0.25, -0.2) is 0 Å². The van der Waals surface area contributed by atoms with E-state index in [1.54, 1.807) is 13.0 Å². The van der Waals surface area contributed by atoms with Crippen molar-refractivity contribution in [2.45, 2.75) is 44.5 Å². The number of hydrogen-bond acceptors (Lipinski definition) is 5. The van der Waals surface area contributed by atoms with Gasteiger partial charge in [-0.05, 0) is 63.2 Å². The van der Waals surface area contributed by atoms with Crippen molar-refractivity contribution in [1.29, 1.82) is 0 Å². The van der Waals surface area contributed by atoms with Crippen LogP contribution < -0.4 is 0 Å². The summed E-state index contributed by atoms with van der Waals surface area (Å²) in [6, 6.07) is 4.39. The topological polar surface area (TPSA) is 69.5 Å². The van der Waals surface area contributed by atoms with Gasteiger partial charge in [0.2, 0.25) is 0 Å². The molecule has 0 saturated carbocycles. The number of aromatic hydroxyl groups is 1. The number of likely N-dealkylation sites (N-methyl/N-ethyl adjacent to an activating group) is 1. The molecule has 2 atom stereocenters. The van der Waals surface area contributed by atoms with Gasteiger partial charge in [0, 0.05) is 11.6 Å². The lowest BCUT2D eigenvalue weighted by Gasteiger charge is -2.35. The Labute approximate surface area is 155 Å². The van der Waals surface area contributed by atoms with Crippen molar-refractivity contribution in [3.8, 4) is 17.0 Å². The second kappa shape index (κ2) is 7.44. The number of phenolic OH excluding ortho intramolecular Hbond substituents is 1.